The van der Waals surface area contributed by atoms with Crippen LogP contribution < -0.4 is 10.1 Å². The Balaban J connectivity index is 2.99. The molecular weight excluding hydrogens is 320 g/mol. The van der Waals surface area contributed by atoms with E-state index in [9.17, 15) is 23.5 Å². The zero-order chi connectivity index (χ0) is 18.4. The number of nitrogens with one attached hydrogen (secondary N) is 1. The minimum Gasteiger partial charge on any atom is -0.493 e. The first kappa shape index (κ1) is 19.9. The summed E-state index contributed by atoms with van der Waals surface area (Å²) < 4.78 is 34.1. The third kappa shape index (κ3) is 4.01. The average molecular weight is 343 g/mol. The number of carbonyl (C=O) groups is 2. The highest BCUT2D eigenvalue weighted by atomic mass is 19.3. The van der Waals surface area contributed by atoms with Crippen LogP contribution in [0.15, 0.2) is 24.3 Å². The number of amides is 1. The summed E-state index contributed by atoms with van der Waals surface area (Å²) in [4.78, 5) is 23.4. The Morgan fingerprint density at radius 1 is 1.17 bits per heavy atom. The Hall–Kier alpha value is -2.18. The van der Waals surface area contributed by atoms with Gasteiger partial charge >= 0.3 is 11.9 Å². The average Bonchev–Trinajstić information content (AvgIpc) is 2.56. The number of carboxylic acid groups (broad SMARTS) is 1. The summed E-state index contributed by atoms with van der Waals surface area (Å²) in [6.45, 7) is 4.76. The first-order valence-corrected chi connectivity index (χ1v) is 7.87. The van der Waals surface area contributed by atoms with Crippen LogP contribution in [0.1, 0.15) is 39.2 Å². The number of ether oxygens (including phenoxy) is 1. The molecule has 0 heterocycles. The Kier molecular flexibility index (Phi) is 6.69. The van der Waals surface area contributed by atoms with Crippen LogP contribution in [0.5, 0.6) is 5.75 Å². The van der Waals surface area contributed by atoms with Gasteiger partial charge in [0.25, 0.3) is 5.91 Å². The predicted molar refractivity (Wildman–Crippen MR) is 85.2 cm³/mol. The number of halogens is 2. The molecule has 0 unspecified atom stereocenters. The van der Waals surface area contributed by atoms with Gasteiger partial charge in [-0.15, -0.1) is 0 Å². The molecule has 0 radical (unpaired) electrons. The molecule has 1 amide bonds. The molecule has 5 nitrogen and oxygen atoms in total. The standard InChI is InChI=1S/C17H23F2NO4/c1-4-16(5-2,15(22)23)11-20-14(21)17(18,19)12-9-7-8-10-13(12)24-6-3/h7-10H,4-6,11H2,1-3H3,(H,20,21)(H,22,23). The van der Waals surface area contributed by atoms with Crippen molar-refractivity contribution in [2.45, 2.75) is 39.5 Å². The Morgan fingerprint density at radius 2 is 1.75 bits per heavy atom. The molecule has 0 aliphatic carbocycles. The molecule has 2 N–H and O–H groups in total. The van der Waals surface area contributed by atoms with E-state index in [0.717, 1.165) is 6.07 Å². The highest BCUT2D eigenvalue weighted by molar-refractivity contribution is 5.86. The number of aliphatic carboxylic acids is 1. The van der Waals surface area contributed by atoms with Crippen molar-refractivity contribution in [2.24, 2.45) is 5.41 Å². The van der Waals surface area contributed by atoms with Crippen LogP contribution in [0.4, 0.5) is 8.78 Å². The fraction of sp³-hybridized carbons (Fsp3) is 0.529. The topological polar surface area (TPSA) is 75.6 Å². The van der Waals surface area contributed by atoms with Crippen LogP contribution >= 0.6 is 0 Å². The Labute approximate surface area is 140 Å². The number of rotatable bonds is 9. The van der Waals surface area contributed by atoms with Gasteiger partial charge in [-0.05, 0) is 31.9 Å². The van der Waals surface area contributed by atoms with Crippen LogP contribution in [0.3, 0.4) is 0 Å². The molecule has 0 atom stereocenters. The van der Waals surface area contributed by atoms with Crippen LogP contribution in [-0.4, -0.2) is 30.1 Å². The predicted octanol–water partition coefficient (Wildman–Crippen LogP) is 3.18. The van der Waals surface area contributed by atoms with Gasteiger partial charge in [-0.1, -0.05) is 26.0 Å². The van der Waals surface area contributed by atoms with Gasteiger partial charge in [-0.2, -0.15) is 8.78 Å². The molecule has 0 bridgehead atoms. The molecule has 0 fully saturated rings. The van der Waals surface area contributed by atoms with Gasteiger partial charge < -0.3 is 15.2 Å². The summed E-state index contributed by atoms with van der Waals surface area (Å²) in [6.07, 6.45) is 0.445. The maximum atomic E-state index is 14.5. The van der Waals surface area contributed by atoms with Crippen molar-refractivity contribution in [1.82, 2.24) is 5.32 Å². The summed E-state index contributed by atoms with van der Waals surface area (Å²) in [5.41, 5.74) is -1.80. The monoisotopic (exact) mass is 343 g/mol. The maximum Gasteiger partial charge on any atom is 0.353 e. The van der Waals surface area contributed by atoms with Crippen molar-refractivity contribution in [2.75, 3.05) is 13.2 Å². The van der Waals surface area contributed by atoms with Gasteiger partial charge in [0, 0.05) is 6.54 Å². The number of benzene rings is 1. The lowest BCUT2D eigenvalue weighted by atomic mass is 9.82. The second kappa shape index (κ2) is 8.08. The summed E-state index contributed by atoms with van der Waals surface area (Å²) in [5.74, 6) is -6.55. The second-order valence-electron chi connectivity index (χ2n) is 5.48. The maximum absolute atomic E-state index is 14.5. The smallest absolute Gasteiger partial charge is 0.353 e. The zero-order valence-electron chi connectivity index (χ0n) is 14.1. The lowest BCUT2D eigenvalue weighted by Crippen LogP contribution is -2.46. The fourth-order valence-electron chi connectivity index (χ4n) is 2.37. The van der Waals surface area contributed by atoms with Gasteiger partial charge in [-0.3, -0.25) is 9.59 Å². The number of hydrogen-bond acceptors (Lipinski definition) is 3. The second-order valence-corrected chi connectivity index (χ2v) is 5.48. The fourth-order valence-corrected chi connectivity index (χ4v) is 2.37. The summed E-state index contributed by atoms with van der Waals surface area (Å²) in [7, 11) is 0. The molecule has 0 aliphatic rings. The molecular formula is C17H23F2NO4. The van der Waals surface area contributed by atoms with Gasteiger partial charge in [0.05, 0.1) is 17.6 Å². The van der Waals surface area contributed by atoms with E-state index in [-0.39, 0.29) is 31.7 Å². The summed E-state index contributed by atoms with van der Waals surface area (Å²) >= 11 is 0. The Morgan fingerprint density at radius 3 is 2.25 bits per heavy atom. The lowest BCUT2D eigenvalue weighted by Gasteiger charge is -2.28. The quantitative estimate of drug-likeness (QED) is 0.722. The molecule has 0 aliphatic heterocycles. The number of alkyl halides is 2. The SMILES string of the molecule is CCOc1ccccc1C(F)(F)C(=O)NCC(CC)(CC)C(=O)O. The minimum atomic E-state index is -3.82. The van der Waals surface area contributed by atoms with E-state index >= 15 is 0 Å². The van der Waals surface area contributed by atoms with Crippen LogP contribution in [0.2, 0.25) is 0 Å². The van der Waals surface area contributed by atoms with Crippen molar-refractivity contribution < 1.29 is 28.2 Å². The van der Waals surface area contributed by atoms with Crippen molar-refractivity contribution in [1.29, 1.82) is 0 Å². The van der Waals surface area contributed by atoms with Gasteiger partial charge in [0.1, 0.15) is 5.75 Å². The van der Waals surface area contributed by atoms with E-state index in [1.54, 1.807) is 20.8 Å². The molecule has 134 valence electrons. The van der Waals surface area contributed by atoms with E-state index in [4.69, 9.17) is 4.74 Å². The Bertz CT molecular complexity index is 586. The highest BCUT2D eigenvalue weighted by Gasteiger charge is 2.45. The van der Waals surface area contributed by atoms with E-state index in [2.05, 4.69) is 5.32 Å². The van der Waals surface area contributed by atoms with E-state index in [1.807, 2.05) is 0 Å². The molecule has 0 spiro atoms. The molecule has 24 heavy (non-hydrogen) atoms. The van der Waals surface area contributed by atoms with Crippen molar-refractivity contribution in [3.63, 3.8) is 0 Å². The molecule has 7 heteroatoms. The normalized spacial score (nSPS) is 11.9. The number of para-hydroxylation sites is 1. The third-order valence-electron chi connectivity index (χ3n) is 4.20. The number of carbonyl (C=O) groups excluding carboxylic acids is 1. The molecule has 0 saturated carbocycles. The number of hydrogen-bond donors (Lipinski definition) is 2. The molecule has 0 aromatic heterocycles. The molecule has 1 rings (SSSR count). The van der Waals surface area contributed by atoms with Crippen LogP contribution in [0.25, 0.3) is 0 Å². The largest absolute Gasteiger partial charge is 0.493 e. The molecule has 1 aromatic rings. The van der Waals surface area contributed by atoms with Gasteiger partial charge in [0.15, 0.2) is 0 Å². The molecule has 1 aromatic carbocycles. The van der Waals surface area contributed by atoms with E-state index in [0.29, 0.717) is 0 Å². The third-order valence-corrected chi connectivity index (χ3v) is 4.20. The van der Waals surface area contributed by atoms with Crippen molar-refractivity contribution >= 4 is 11.9 Å². The van der Waals surface area contributed by atoms with E-state index in [1.165, 1.54) is 18.2 Å². The highest BCUT2D eigenvalue weighted by Crippen LogP contribution is 2.35. The summed E-state index contributed by atoms with van der Waals surface area (Å²) in [5, 5.41) is 11.4. The zero-order valence-corrected chi connectivity index (χ0v) is 14.1. The van der Waals surface area contributed by atoms with Crippen LogP contribution in [-0.2, 0) is 15.5 Å². The van der Waals surface area contributed by atoms with Gasteiger partial charge in [-0.25, -0.2) is 0 Å². The minimum absolute atomic E-state index is 0.0735. The van der Waals surface area contributed by atoms with Crippen LogP contribution in [0, 0.1) is 5.41 Å². The molecule has 0 saturated heterocycles. The first-order valence-electron chi connectivity index (χ1n) is 7.87. The first-order chi connectivity index (χ1) is 11.2. The summed E-state index contributed by atoms with van der Waals surface area (Å²) in [6, 6.07) is 5.40. The van der Waals surface area contributed by atoms with Crippen molar-refractivity contribution in [3.05, 3.63) is 29.8 Å². The van der Waals surface area contributed by atoms with E-state index < -0.39 is 28.8 Å². The lowest BCUT2D eigenvalue weighted by molar-refractivity contribution is -0.152. The number of carboxylic acids is 1. The van der Waals surface area contributed by atoms with Gasteiger partial charge in [0.2, 0.25) is 0 Å². The van der Waals surface area contributed by atoms with Crippen molar-refractivity contribution in [3.8, 4) is 5.75 Å².